The van der Waals surface area contributed by atoms with Crippen LogP contribution in [0.1, 0.15) is 13.8 Å². The zero-order valence-electron chi connectivity index (χ0n) is 10.4. The first-order chi connectivity index (χ1) is 8.87. The maximum atomic E-state index is 13.2. The molecule has 0 bridgehead atoms. The number of hydrogen-bond acceptors (Lipinski definition) is 1. The second kappa shape index (κ2) is 6.40. The molecule has 0 N–H and O–H groups in total. The molecule has 0 radical (unpaired) electrons. The number of likely N-dealkylation sites (N-methyl/N-ethyl adjacent to an activating group) is 1. The van der Waals surface area contributed by atoms with Crippen LogP contribution in [0, 0.1) is 0 Å². The average molecular weight is 313 g/mol. The van der Waals surface area contributed by atoms with Gasteiger partial charge in [0.05, 0.1) is 0 Å². The molecule has 0 spiro atoms. The van der Waals surface area contributed by atoms with Crippen molar-refractivity contribution in [2.45, 2.75) is 32.4 Å². The molecule has 2 nitrogen and oxygen atoms in total. The van der Waals surface area contributed by atoms with Gasteiger partial charge in [-0.15, -0.1) is 0 Å². The van der Waals surface area contributed by atoms with Gasteiger partial charge >= 0.3 is 12.4 Å². The summed E-state index contributed by atoms with van der Waals surface area (Å²) in [6, 6.07) is 0. The number of nitrogens with zero attached hydrogens (tertiary/aromatic N) is 1. The van der Waals surface area contributed by atoms with Crippen LogP contribution in [0.25, 0.3) is 0 Å². The van der Waals surface area contributed by atoms with Gasteiger partial charge in [-0.3, -0.25) is 4.79 Å². The van der Waals surface area contributed by atoms with Crippen molar-refractivity contribution in [1.82, 2.24) is 4.90 Å². The number of carbonyl (C=O) groups is 1. The zero-order chi connectivity index (χ0) is 16.3. The molecule has 20 heavy (non-hydrogen) atoms. The number of rotatable bonds is 4. The zero-order valence-corrected chi connectivity index (χ0v) is 10.4. The van der Waals surface area contributed by atoms with E-state index in [0.717, 1.165) is 0 Å². The summed E-state index contributed by atoms with van der Waals surface area (Å²) in [7, 11) is 0. The summed E-state index contributed by atoms with van der Waals surface area (Å²) in [6.45, 7) is 1.88. The minimum Gasteiger partial charge on any atom is -0.339 e. The van der Waals surface area contributed by atoms with Gasteiger partial charge in [-0.1, -0.05) is 0 Å². The summed E-state index contributed by atoms with van der Waals surface area (Å²) < 4.78 is 99.2. The van der Waals surface area contributed by atoms with Crippen LogP contribution in [0.15, 0.2) is 11.4 Å². The lowest BCUT2D eigenvalue weighted by molar-refractivity contribution is -0.176. The average Bonchev–Trinajstić information content (AvgIpc) is 2.26. The van der Waals surface area contributed by atoms with Crippen molar-refractivity contribution in [2.24, 2.45) is 0 Å². The first kappa shape index (κ1) is 18.7. The Hall–Kier alpha value is -1.35. The van der Waals surface area contributed by atoms with Crippen LogP contribution in [0.5, 0.6) is 0 Å². The van der Waals surface area contributed by atoms with Gasteiger partial charge in [0, 0.05) is 13.1 Å². The molecule has 10 heteroatoms. The Kier molecular flexibility index (Phi) is 5.97. The second-order valence-corrected chi connectivity index (χ2v) is 3.60. The predicted octanol–water partition coefficient (Wildman–Crippen LogP) is 3.54. The molecular formula is C10H11F8NO. The van der Waals surface area contributed by atoms with Crippen LogP contribution in [0.3, 0.4) is 0 Å². The van der Waals surface area contributed by atoms with Crippen molar-refractivity contribution in [3.8, 4) is 0 Å². The molecule has 0 saturated heterocycles. The smallest absolute Gasteiger partial charge is 0.339 e. The van der Waals surface area contributed by atoms with Gasteiger partial charge in [0.15, 0.2) is 11.4 Å². The summed E-state index contributed by atoms with van der Waals surface area (Å²) >= 11 is 0. The molecule has 1 atom stereocenters. The van der Waals surface area contributed by atoms with Crippen LogP contribution < -0.4 is 0 Å². The fraction of sp³-hybridized carbons (Fsp3) is 0.700. The van der Waals surface area contributed by atoms with Gasteiger partial charge in [0.25, 0.3) is 5.91 Å². The summed E-state index contributed by atoms with van der Waals surface area (Å²) in [6.07, 6.45) is -16.1. The van der Waals surface area contributed by atoms with E-state index in [9.17, 15) is 39.9 Å². The van der Waals surface area contributed by atoms with Crippen LogP contribution in [0.2, 0.25) is 0 Å². The number of carbonyl (C=O) groups excluding carboxylic acids is 1. The van der Waals surface area contributed by atoms with Crippen LogP contribution in [-0.4, -0.2) is 42.4 Å². The number of halogens is 8. The number of amides is 1. The Labute approximate surface area is 109 Å². The van der Waals surface area contributed by atoms with Gasteiger partial charge in [0.2, 0.25) is 6.17 Å². The normalized spacial score (nSPS) is 15.7. The first-order valence-corrected chi connectivity index (χ1v) is 5.34. The van der Waals surface area contributed by atoms with E-state index in [4.69, 9.17) is 0 Å². The highest BCUT2D eigenvalue weighted by molar-refractivity contribution is 5.95. The Balaban J connectivity index is 5.87. The highest BCUT2D eigenvalue weighted by Gasteiger charge is 2.51. The largest absolute Gasteiger partial charge is 0.426 e. The van der Waals surface area contributed by atoms with Gasteiger partial charge in [0.1, 0.15) is 0 Å². The van der Waals surface area contributed by atoms with Crippen molar-refractivity contribution < 1.29 is 39.9 Å². The fourth-order valence-corrected chi connectivity index (χ4v) is 1.30. The third-order valence-corrected chi connectivity index (χ3v) is 2.30. The maximum absolute atomic E-state index is 13.2. The van der Waals surface area contributed by atoms with E-state index in [1.807, 2.05) is 0 Å². The molecule has 1 amide bonds. The van der Waals surface area contributed by atoms with Crippen LogP contribution in [-0.2, 0) is 4.79 Å². The van der Waals surface area contributed by atoms with E-state index >= 15 is 0 Å². The maximum Gasteiger partial charge on any atom is 0.426 e. The van der Waals surface area contributed by atoms with E-state index in [1.165, 1.54) is 13.8 Å². The van der Waals surface area contributed by atoms with E-state index in [2.05, 4.69) is 0 Å². The van der Waals surface area contributed by atoms with Gasteiger partial charge in [-0.05, 0) is 13.8 Å². The Morgan fingerprint density at radius 2 is 1.45 bits per heavy atom. The third kappa shape index (κ3) is 4.34. The molecule has 0 aromatic rings. The summed E-state index contributed by atoms with van der Waals surface area (Å²) in [4.78, 5) is 11.8. The minimum atomic E-state index is -5.87. The molecule has 0 aliphatic rings. The van der Waals surface area contributed by atoms with Gasteiger partial charge < -0.3 is 4.90 Å². The molecule has 0 saturated carbocycles. The van der Waals surface area contributed by atoms with Crippen molar-refractivity contribution in [3.63, 3.8) is 0 Å². The van der Waals surface area contributed by atoms with Crippen molar-refractivity contribution in [1.29, 1.82) is 0 Å². The molecule has 0 fully saturated rings. The topological polar surface area (TPSA) is 20.3 Å². The molecule has 0 heterocycles. The van der Waals surface area contributed by atoms with Gasteiger partial charge in [-0.25, -0.2) is 8.78 Å². The Bertz CT molecular complexity index is 380. The summed E-state index contributed by atoms with van der Waals surface area (Å²) in [5.41, 5.74) is -2.77. The Morgan fingerprint density at radius 3 is 1.70 bits per heavy atom. The minimum absolute atomic E-state index is 0.300. The lowest BCUT2D eigenvalue weighted by Gasteiger charge is -2.23. The molecule has 118 valence electrons. The van der Waals surface area contributed by atoms with Crippen molar-refractivity contribution in [3.05, 3.63) is 11.4 Å². The molecule has 0 rings (SSSR count). The monoisotopic (exact) mass is 313 g/mol. The molecule has 0 aliphatic heterocycles. The molecule has 1 unspecified atom stereocenters. The van der Waals surface area contributed by atoms with Crippen LogP contribution >= 0.6 is 0 Å². The highest BCUT2D eigenvalue weighted by atomic mass is 19.4. The lowest BCUT2D eigenvalue weighted by Crippen LogP contribution is -2.39. The van der Waals surface area contributed by atoms with Gasteiger partial charge in [-0.2, -0.15) is 26.3 Å². The van der Waals surface area contributed by atoms with E-state index in [-0.39, 0.29) is 13.1 Å². The lowest BCUT2D eigenvalue weighted by atomic mass is 10.1. The highest BCUT2D eigenvalue weighted by Crippen LogP contribution is 2.37. The SMILES string of the molecule is CCN(CC)C(=O)/C(=C(/F)C(F)C(F)(F)F)C(F)(F)F. The predicted molar refractivity (Wildman–Crippen MR) is 53.1 cm³/mol. The molecule has 0 aromatic heterocycles. The Morgan fingerprint density at radius 1 is 1.05 bits per heavy atom. The summed E-state index contributed by atoms with van der Waals surface area (Å²) in [5.74, 6) is -5.21. The van der Waals surface area contributed by atoms with E-state index < -0.39 is 35.8 Å². The van der Waals surface area contributed by atoms with Crippen molar-refractivity contribution in [2.75, 3.05) is 13.1 Å². The fourth-order valence-electron chi connectivity index (χ4n) is 1.30. The van der Waals surface area contributed by atoms with E-state index in [1.54, 1.807) is 0 Å². The van der Waals surface area contributed by atoms with Crippen molar-refractivity contribution >= 4 is 5.91 Å². The molecule has 0 aromatic carbocycles. The molecular weight excluding hydrogens is 302 g/mol. The van der Waals surface area contributed by atoms with Crippen LogP contribution in [0.4, 0.5) is 35.1 Å². The molecule has 0 aliphatic carbocycles. The summed E-state index contributed by atoms with van der Waals surface area (Å²) in [5, 5.41) is 0. The first-order valence-electron chi connectivity index (χ1n) is 5.34. The second-order valence-electron chi connectivity index (χ2n) is 3.60. The number of hydrogen-bond donors (Lipinski definition) is 0. The van der Waals surface area contributed by atoms with E-state index in [0.29, 0.717) is 4.90 Å². The quantitative estimate of drug-likeness (QED) is 0.574. The standard InChI is InChI=1S/C10H11F8NO/c1-3-19(4-2)8(20)5(9(13,14)15)6(11)7(12)10(16,17)18/h7H,3-4H2,1-2H3/b6-5-. The number of allylic oxidation sites excluding steroid dienone is 1. The third-order valence-electron chi connectivity index (χ3n) is 2.30. The number of alkyl halides is 7.